The fourth-order valence-electron chi connectivity index (χ4n) is 3.18. The fraction of sp³-hybridized carbons (Fsp3) is 0.143. The van der Waals surface area contributed by atoms with E-state index in [-0.39, 0.29) is 11.9 Å². The average molecular weight is 392 g/mol. The summed E-state index contributed by atoms with van der Waals surface area (Å²) >= 11 is 6.24. The molecule has 6 nitrogen and oxygen atoms in total. The van der Waals surface area contributed by atoms with Crippen LogP contribution in [0.2, 0.25) is 5.02 Å². The van der Waals surface area contributed by atoms with Crippen molar-refractivity contribution in [3.05, 3.63) is 88.2 Å². The molecule has 140 valence electrons. The predicted molar refractivity (Wildman–Crippen MR) is 109 cm³/mol. The number of halogens is 1. The number of aromatic nitrogens is 4. The van der Waals surface area contributed by atoms with Crippen molar-refractivity contribution in [2.24, 2.45) is 0 Å². The summed E-state index contributed by atoms with van der Waals surface area (Å²) in [6, 6.07) is 19.2. The van der Waals surface area contributed by atoms with Crippen molar-refractivity contribution in [3.63, 3.8) is 0 Å². The van der Waals surface area contributed by atoms with Gasteiger partial charge in [0.25, 0.3) is 11.7 Å². The van der Waals surface area contributed by atoms with Crippen LogP contribution in [0.4, 0.5) is 5.95 Å². The summed E-state index contributed by atoms with van der Waals surface area (Å²) < 4.78 is 1.53. The molecular weight excluding hydrogens is 374 g/mol. The quantitative estimate of drug-likeness (QED) is 0.566. The summed E-state index contributed by atoms with van der Waals surface area (Å²) in [5.41, 5.74) is 3.18. The van der Waals surface area contributed by atoms with Gasteiger partial charge in [-0.3, -0.25) is 10.1 Å². The molecule has 1 amide bonds. The molecule has 0 aliphatic carbocycles. The zero-order valence-electron chi connectivity index (χ0n) is 15.4. The number of rotatable bonds is 4. The zero-order valence-corrected chi connectivity index (χ0v) is 16.2. The van der Waals surface area contributed by atoms with Crippen LogP contribution in [-0.4, -0.2) is 25.5 Å². The molecular formula is C21H18ClN5O. The van der Waals surface area contributed by atoms with Gasteiger partial charge in [-0.25, -0.2) is 4.98 Å². The largest absolute Gasteiger partial charge is 0.292 e. The molecule has 2 aromatic heterocycles. The maximum atomic E-state index is 13.2. The fourth-order valence-corrected chi connectivity index (χ4v) is 3.30. The second-order valence-corrected chi connectivity index (χ2v) is 6.87. The monoisotopic (exact) mass is 391 g/mol. The smallest absolute Gasteiger partial charge is 0.254 e. The van der Waals surface area contributed by atoms with E-state index in [0.29, 0.717) is 16.5 Å². The van der Waals surface area contributed by atoms with Crippen LogP contribution >= 0.6 is 11.6 Å². The Morgan fingerprint density at radius 2 is 1.54 bits per heavy atom. The van der Waals surface area contributed by atoms with Crippen molar-refractivity contribution < 1.29 is 4.79 Å². The van der Waals surface area contributed by atoms with Gasteiger partial charge in [-0.2, -0.15) is 9.50 Å². The number of anilines is 1. The summed E-state index contributed by atoms with van der Waals surface area (Å²) in [6.07, 6.45) is 0. The lowest BCUT2D eigenvalue weighted by atomic mass is 9.90. The van der Waals surface area contributed by atoms with E-state index >= 15 is 0 Å². The second-order valence-electron chi connectivity index (χ2n) is 6.49. The molecule has 0 aliphatic heterocycles. The molecule has 0 aliphatic rings. The maximum Gasteiger partial charge on any atom is 0.254 e. The van der Waals surface area contributed by atoms with Gasteiger partial charge in [-0.15, -0.1) is 5.10 Å². The first-order valence-electron chi connectivity index (χ1n) is 8.85. The van der Waals surface area contributed by atoms with Gasteiger partial charge in [0.15, 0.2) is 0 Å². The summed E-state index contributed by atoms with van der Waals surface area (Å²) in [6.45, 7) is 3.64. The Morgan fingerprint density at radius 1 is 0.964 bits per heavy atom. The van der Waals surface area contributed by atoms with Crippen LogP contribution in [0.1, 0.15) is 28.4 Å². The van der Waals surface area contributed by atoms with Gasteiger partial charge in [0.05, 0.1) is 22.3 Å². The minimum Gasteiger partial charge on any atom is -0.292 e. The Balaban J connectivity index is 1.71. The molecule has 28 heavy (non-hydrogen) atoms. The second kappa shape index (κ2) is 7.40. The Kier molecular flexibility index (Phi) is 4.79. The van der Waals surface area contributed by atoms with Crippen molar-refractivity contribution in [2.45, 2.75) is 19.8 Å². The molecule has 0 bridgehead atoms. The number of carbonyl (C=O) groups is 1. The highest BCUT2D eigenvalue weighted by Gasteiger charge is 2.24. The third kappa shape index (κ3) is 3.34. The van der Waals surface area contributed by atoms with E-state index in [2.05, 4.69) is 20.4 Å². The van der Waals surface area contributed by atoms with E-state index in [1.807, 2.05) is 74.5 Å². The van der Waals surface area contributed by atoms with E-state index in [9.17, 15) is 4.79 Å². The minimum atomic E-state index is -0.478. The normalized spacial score (nSPS) is 11.1. The molecule has 2 aromatic carbocycles. The van der Waals surface area contributed by atoms with Gasteiger partial charge in [-0.1, -0.05) is 72.3 Å². The Bertz CT molecular complexity index is 1100. The number of nitrogens with zero attached hydrogens (tertiary/aromatic N) is 4. The third-order valence-electron chi connectivity index (χ3n) is 4.57. The number of hydrogen-bond acceptors (Lipinski definition) is 4. The predicted octanol–water partition coefficient (Wildman–Crippen LogP) is 4.17. The first-order valence-corrected chi connectivity index (χ1v) is 9.22. The molecule has 2 heterocycles. The summed E-state index contributed by atoms with van der Waals surface area (Å²) in [7, 11) is 0. The van der Waals surface area contributed by atoms with Crippen LogP contribution < -0.4 is 5.32 Å². The van der Waals surface area contributed by atoms with Crippen molar-refractivity contribution in [1.82, 2.24) is 19.6 Å². The van der Waals surface area contributed by atoms with Crippen molar-refractivity contribution >= 4 is 29.2 Å². The number of nitrogens with one attached hydrogen (secondary N) is 1. The van der Waals surface area contributed by atoms with Gasteiger partial charge in [0, 0.05) is 0 Å². The number of fused-ring (bicyclic) bond motifs is 1. The summed E-state index contributed by atoms with van der Waals surface area (Å²) in [4.78, 5) is 21.8. The summed E-state index contributed by atoms with van der Waals surface area (Å²) in [5, 5.41) is 7.71. The van der Waals surface area contributed by atoms with E-state index in [1.54, 1.807) is 0 Å². The molecule has 0 spiro atoms. The van der Waals surface area contributed by atoms with Crippen LogP contribution in [0.15, 0.2) is 60.7 Å². The molecule has 0 saturated heterocycles. The Labute approximate surface area is 167 Å². The Morgan fingerprint density at radius 3 is 2.11 bits per heavy atom. The first kappa shape index (κ1) is 18.1. The van der Waals surface area contributed by atoms with Crippen molar-refractivity contribution in [2.75, 3.05) is 5.32 Å². The highest BCUT2D eigenvalue weighted by atomic mass is 35.5. The van der Waals surface area contributed by atoms with Gasteiger partial charge >= 0.3 is 0 Å². The molecule has 0 unspecified atom stereocenters. The molecule has 0 saturated carbocycles. The third-order valence-corrected chi connectivity index (χ3v) is 5.12. The van der Waals surface area contributed by atoms with Gasteiger partial charge in [0.1, 0.15) is 0 Å². The summed E-state index contributed by atoms with van der Waals surface area (Å²) in [5.74, 6) is -0.105. The van der Waals surface area contributed by atoms with Crippen LogP contribution in [0.25, 0.3) is 5.78 Å². The number of hydrogen-bond donors (Lipinski definition) is 1. The van der Waals surface area contributed by atoms with Gasteiger partial charge in [-0.05, 0) is 25.0 Å². The topological polar surface area (TPSA) is 72.2 Å². The molecule has 7 heteroatoms. The zero-order chi connectivity index (χ0) is 19.7. The average Bonchev–Trinajstić information content (AvgIpc) is 3.10. The molecule has 0 radical (unpaired) electrons. The molecule has 0 atom stereocenters. The lowest BCUT2D eigenvalue weighted by molar-refractivity contribution is -0.116. The minimum absolute atomic E-state index is 0.194. The standard InChI is InChI=1S/C21H18ClN5O/c1-13-18(22)14(2)27-21(23-13)25-20(26-27)24-19(28)17(15-9-5-3-6-10-15)16-11-7-4-8-12-16/h3-12,17H,1-2H3,(H,24,26,28). The molecule has 0 fully saturated rings. The van der Waals surface area contributed by atoms with E-state index in [1.165, 1.54) is 4.52 Å². The van der Waals surface area contributed by atoms with Gasteiger partial charge < -0.3 is 0 Å². The van der Waals surface area contributed by atoms with Crippen molar-refractivity contribution in [3.8, 4) is 0 Å². The number of carbonyl (C=O) groups excluding carboxylic acids is 1. The molecule has 4 rings (SSSR count). The van der Waals surface area contributed by atoms with E-state index in [0.717, 1.165) is 16.8 Å². The first-order chi connectivity index (χ1) is 13.5. The highest BCUT2D eigenvalue weighted by molar-refractivity contribution is 6.31. The highest BCUT2D eigenvalue weighted by Crippen LogP contribution is 2.26. The van der Waals surface area contributed by atoms with E-state index in [4.69, 9.17) is 11.6 Å². The number of benzene rings is 2. The lowest BCUT2D eigenvalue weighted by Gasteiger charge is -2.16. The van der Waals surface area contributed by atoms with Crippen molar-refractivity contribution in [1.29, 1.82) is 0 Å². The van der Waals surface area contributed by atoms with E-state index < -0.39 is 5.92 Å². The van der Waals surface area contributed by atoms with Crippen LogP contribution in [0, 0.1) is 13.8 Å². The molecule has 4 aromatic rings. The van der Waals surface area contributed by atoms with Crippen LogP contribution in [0.5, 0.6) is 0 Å². The SMILES string of the molecule is Cc1nc2nc(NC(=O)C(c3ccccc3)c3ccccc3)nn2c(C)c1Cl. The maximum absolute atomic E-state index is 13.2. The Hall–Kier alpha value is -3.25. The van der Waals surface area contributed by atoms with Crippen LogP contribution in [-0.2, 0) is 4.79 Å². The van der Waals surface area contributed by atoms with Crippen LogP contribution in [0.3, 0.4) is 0 Å². The number of aryl methyl sites for hydroxylation is 2. The van der Waals surface area contributed by atoms with Gasteiger partial charge in [0.2, 0.25) is 5.91 Å². The number of amides is 1. The lowest BCUT2D eigenvalue weighted by Crippen LogP contribution is -2.22. The molecule has 1 N–H and O–H groups in total.